The summed E-state index contributed by atoms with van der Waals surface area (Å²) in [4.78, 5) is 27.2. The highest BCUT2D eigenvalue weighted by Crippen LogP contribution is 2.32. The third kappa shape index (κ3) is 4.17. The molecule has 0 amide bonds. The van der Waals surface area contributed by atoms with Crippen LogP contribution < -0.4 is 11.3 Å². The quantitative estimate of drug-likeness (QED) is 0.290. The molecule has 0 saturated carbocycles. The molecule has 0 spiro atoms. The average molecular weight is 589 g/mol. The Bertz CT molecular complexity index is 1920. The van der Waals surface area contributed by atoms with E-state index in [-0.39, 0.29) is 30.2 Å². The number of halogens is 2. The summed E-state index contributed by atoms with van der Waals surface area (Å²) in [5, 5.41) is 16.4. The second-order valence-electron chi connectivity index (χ2n) is 8.66. The SMILES string of the molecule is Nc1ncnc2c1c(-c1cccc(O)c1)nn2Cc1nc2cccc(Br)c2c(=O)n1Cc1ccccc1Cl. The van der Waals surface area contributed by atoms with Gasteiger partial charge in [-0.1, -0.05) is 48.0 Å². The van der Waals surface area contributed by atoms with Crippen LogP contribution in [0.25, 0.3) is 33.2 Å². The van der Waals surface area contributed by atoms with Crippen molar-refractivity contribution in [2.75, 3.05) is 5.73 Å². The first kappa shape index (κ1) is 24.1. The van der Waals surface area contributed by atoms with Crippen molar-refractivity contribution in [2.45, 2.75) is 13.1 Å². The summed E-state index contributed by atoms with van der Waals surface area (Å²) in [6.07, 6.45) is 1.36. The number of phenolic OH excluding ortho intramolecular Hbond substituents is 1. The molecule has 0 aliphatic carbocycles. The largest absolute Gasteiger partial charge is 0.508 e. The summed E-state index contributed by atoms with van der Waals surface area (Å²) in [6, 6.07) is 19.5. The minimum atomic E-state index is -0.212. The Kier molecular flexibility index (Phi) is 6.05. The number of aromatic hydroxyl groups is 1. The number of phenols is 1. The Morgan fingerprint density at radius 1 is 0.974 bits per heavy atom. The number of rotatable bonds is 5. The van der Waals surface area contributed by atoms with Gasteiger partial charge in [-0.2, -0.15) is 5.10 Å². The molecular formula is C27H19BrClN7O2. The first-order chi connectivity index (χ1) is 18.4. The highest BCUT2D eigenvalue weighted by atomic mass is 79.9. The zero-order valence-corrected chi connectivity index (χ0v) is 22.1. The van der Waals surface area contributed by atoms with E-state index in [0.29, 0.717) is 48.5 Å². The van der Waals surface area contributed by atoms with Crippen molar-refractivity contribution in [3.05, 3.63) is 104 Å². The Morgan fingerprint density at radius 3 is 2.61 bits per heavy atom. The van der Waals surface area contributed by atoms with Gasteiger partial charge in [-0.3, -0.25) is 9.36 Å². The Balaban J connectivity index is 1.57. The lowest BCUT2D eigenvalue weighted by molar-refractivity contribution is 0.475. The van der Waals surface area contributed by atoms with Gasteiger partial charge in [-0.05, 0) is 51.8 Å². The topological polar surface area (TPSA) is 125 Å². The third-order valence-electron chi connectivity index (χ3n) is 6.27. The number of hydrogen-bond donors (Lipinski definition) is 2. The lowest BCUT2D eigenvalue weighted by Crippen LogP contribution is -2.28. The maximum absolute atomic E-state index is 13.8. The first-order valence-corrected chi connectivity index (χ1v) is 12.8. The molecule has 0 atom stereocenters. The lowest BCUT2D eigenvalue weighted by Gasteiger charge is -2.15. The molecule has 0 saturated heterocycles. The van der Waals surface area contributed by atoms with Crippen LogP contribution in [0.5, 0.6) is 5.75 Å². The maximum atomic E-state index is 13.8. The van der Waals surface area contributed by atoms with E-state index < -0.39 is 0 Å². The van der Waals surface area contributed by atoms with Crippen LogP contribution in [-0.4, -0.2) is 34.4 Å². The van der Waals surface area contributed by atoms with Crippen molar-refractivity contribution in [1.29, 1.82) is 0 Å². The molecule has 0 aliphatic heterocycles. The minimum absolute atomic E-state index is 0.0935. The molecule has 0 bridgehead atoms. The Morgan fingerprint density at radius 2 is 1.79 bits per heavy atom. The van der Waals surface area contributed by atoms with Crippen LogP contribution >= 0.6 is 27.5 Å². The number of hydrogen-bond acceptors (Lipinski definition) is 7. The molecule has 0 aliphatic rings. The van der Waals surface area contributed by atoms with Gasteiger partial charge in [-0.25, -0.2) is 19.6 Å². The summed E-state index contributed by atoms with van der Waals surface area (Å²) >= 11 is 9.95. The first-order valence-electron chi connectivity index (χ1n) is 11.6. The molecule has 0 unspecified atom stereocenters. The number of anilines is 1. The molecule has 11 heteroatoms. The van der Waals surface area contributed by atoms with E-state index in [0.717, 1.165) is 5.56 Å². The van der Waals surface area contributed by atoms with Crippen LogP contribution in [0.1, 0.15) is 11.4 Å². The van der Waals surface area contributed by atoms with Crippen molar-refractivity contribution in [3.63, 3.8) is 0 Å². The van der Waals surface area contributed by atoms with E-state index in [4.69, 9.17) is 27.4 Å². The van der Waals surface area contributed by atoms with Gasteiger partial charge in [0, 0.05) is 15.1 Å². The van der Waals surface area contributed by atoms with Crippen LogP contribution in [0.15, 0.2) is 82.3 Å². The second-order valence-corrected chi connectivity index (χ2v) is 9.92. The van der Waals surface area contributed by atoms with Crippen LogP contribution in [0.3, 0.4) is 0 Å². The standard InChI is InChI=1S/C27H19BrClN7O2/c28-18-8-4-10-20-22(18)27(38)35(12-16-5-1-2-9-19(16)29)21(33-20)13-36-26-23(25(30)31-14-32-26)24(34-36)15-6-3-7-17(37)11-15/h1-11,14,37H,12-13H2,(H2,30,31,32). The molecule has 0 radical (unpaired) electrons. The van der Waals surface area contributed by atoms with E-state index in [9.17, 15) is 9.90 Å². The van der Waals surface area contributed by atoms with Gasteiger partial charge < -0.3 is 10.8 Å². The van der Waals surface area contributed by atoms with Crippen LogP contribution in [-0.2, 0) is 13.1 Å². The normalized spacial score (nSPS) is 11.4. The highest BCUT2D eigenvalue weighted by Gasteiger charge is 2.21. The van der Waals surface area contributed by atoms with Crippen molar-refractivity contribution >= 4 is 55.3 Å². The fourth-order valence-electron chi connectivity index (χ4n) is 4.48. The number of nitrogen functional groups attached to an aromatic ring is 1. The lowest BCUT2D eigenvalue weighted by atomic mass is 10.1. The zero-order chi connectivity index (χ0) is 26.4. The van der Waals surface area contributed by atoms with Crippen molar-refractivity contribution < 1.29 is 5.11 Å². The molecule has 6 aromatic rings. The summed E-state index contributed by atoms with van der Waals surface area (Å²) in [7, 11) is 0. The van der Waals surface area contributed by atoms with E-state index in [1.807, 2.05) is 36.4 Å². The van der Waals surface area contributed by atoms with Crippen molar-refractivity contribution in [2.24, 2.45) is 0 Å². The van der Waals surface area contributed by atoms with E-state index in [1.54, 1.807) is 39.6 Å². The number of nitrogens with zero attached hydrogens (tertiary/aromatic N) is 6. The summed E-state index contributed by atoms with van der Waals surface area (Å²) in [5.41, 5.74) is 9.00. The molecule has 3 aromatic carbocycles. The molecule has 6 rings (SSSR count). The third-order valence-corrected chi connectivity index (χ3v) is 7.30. The van der Waals surface area contributed by atoms with Gasteiger partial charge in [0.05, 0.1) is 22.8 Å². The van der Waals surface area contributed by atoms with Crippen LogP contribution in [0.4, 0.5) is 5.82 Å². The van der Waals surface area contributed by atoms with Gasteiger partial charge in [-0.15, -0.1) is 0 Å². The molecule has 9 nitrogen and oxygen atoms in total. The van der Waals surface area contributed by atoms with Gasteiger partial charge in [0.1, 0.15) is 36.0 Å². The average Bonchev–Trinajstić information content (AvgIpc) is 3.27. The second kappa shape index (κ2) is 9.55. The Labute approximate surface area is 229 Å². The molecule has 0 fully saturated rings. The van der Waals surface area contributed by atoms with E-state index in [1.165, 1.54) is 6.33 Å². The maximum Gasteiger partial charge on any atom is 0.262 e. The number of aromatic nitrogens is 6. The smallest absolute Gasteiger partial charge is 0.262 e. The number of fused-ring (bicyclic) bond motifs is 2. The fraction of sp³-hybridized carbons (Fsp3) is 0.0741. The van der Waals surface area contributed by atoms with E-state index in [2.05, 4.69) is 25.9 Å². The molecule has 3 heterocycles. The summed E-state index contributed by atoms with van der Waals surface area (Å²) in [6.45, 7) is 0.335. The minimum Gasteiger partial charge on any atom is -0.508 e. The van der Waals surface area contributed by atoms with E-state index >= 15 is 0 Å². The molecular weight excluding hydrogens is 570 g/mol. The predicted molar refractivity (Wildman–Crippen MR) is 150 cm³/mol. The van der Waals surface area contributed by atoms with Crippen LogP contribution in [0.2, 0.25) is 5.02 Å². The van der Waals surface area contributed by atoms with Gasteiger partial charge >= 0.3 is 0 Å². The van der Waals surface area contributed by atoms with Crippen molar-refractivity contribution in [1.82, 2.24) is 29.3 Å². The molecule has 3 aromatic heterocycles. The number of nitrogens with two attached hydrogens (primary N) is 1. The summed E-state index contributed by atoms with van der Waals surface area (Å²) in [5.74, 6) is 0.809. The summed E-state index contributed by atoms with van der Waals surface area (Å²) < 4.78 is 3.89. The van der Waals surface area contributed by atoms with Crippen molar-refractivity contribution in [3.8, 4) is 17.0 Å². The van der Waals surface area contributed by atoms with Gasteiger partial charge in [0.25, 0.3) is 5.56 Å². The Hall–Kier alpha value is -4.28. The molecule has 188 valence electrons. The molecule has 38 heavy (non-hydrogen) atoms. The van der Waals surface area contributed by atoms with Crippen LogP contribution in [0, 0.1) is 0 Å². The number of benzene rings is 3. The molecule has 3 N–H and O–H groups in total. The fourth-order valence-corrected chi connectivity index (χ4v) is 5.20. The van der Waals surface area contributed by atoms with Gasteiger partial charge in [0.2, 0.25) is 0 Å². The highest BCUT2D eigenvalue weighted by molar-refractivity contribution is 9.10. The van der Waals surface area contributed by atoms with Gasteiger partial charge in [0.15, 0.2) is 5.65 Å². The monoisotopic (exact) mass is 587 g/mol. The zero-order valence-electron chi connectivity index (χ0n) is 19.7. The predicted octanol–water partition coefficient (Wildman–Crippen LogP) is 5.00.